The summed E-state index contributed by atoms with van der Waals surface area (Å²) in [4.78, 5) is 16.9. The fraction of sp³-hybridized carbons (Fsp3) is 0.200. The second-order valence-corrected chi connectivity index (χ2v) is 7.69. The Labute approximate surface area is 176 Å². The summed E-state index contributed by atoms with van der Waals surface area (Å²) in [5.41, 5.74) is 6.55. The van der Waals surface area contributed by atoms with Crippen LogP contribution in [0.3, 0.4) is 0 Å². The van der Waals surface area contributed by atoms with Crippen molar-refractivity contribution in [1.82, 2.24) is 14.9 Å². The van der Waals surface area contributed by atoms with E-state index in [1.165, 1.54) is 22.0 Å². The van der Waals surface area contributed by atoms with E-state index in [1.54, 1.807) is 6.20 Å². The number of fused-ring (bicyclic) bond motifs is 1. The molecule has 2 amide bonds. The number of anilines is 1. The van der Waals surface area contributed by atoms with E-state index < -0.39 is 0 Å². The number of urea groups is 1. The van der Waals surface area contributed by atoms with Crippen molar-refractivity contribution >= 4 is 22.6 Å². The number of nitrogens with one attached hydrogen (secondary N) is 2. The van der Waals surface area contributed by atoms with Crippen LogP contribution in [0.25, 0.3) is 10.9 Å². The molecule has 4 aromatic rings. The second kappa shape index (κ2) is 8.41. The number of benzene rings is 2. The molecule has 2 heterocycles. The van der Waals surface area contributed by atoms with E-state index in [9.17, 15) is 4.79 Å². The number of hydrogen-bond acceptors (Lipinski definition) is 2. The zero-order valence-electron chi connectivity index (χ0n) is 17.5. The first kappa shape index (κ1) is 19.7. The fourth-order valence-electron chi connectivity index (χ4n) is 3.83. The van der Waals surface area contributed by atoms with E-state index in [2.05, 4.69) is 51.5 Å². The number of pyridine rings is 1. The average molecular weight is 399 g/mol. The van der Waals surface area contributed by atoms with Gasteiger partial charge in [-0.25, -0.2) is 4.79 Å². The smallest absolute Gasteiger partial charge is 0.319 e. The van der Waals surface area contributed by atoms with Crippen LogP contribution >= 0.6 is 0 Å². The Morgan fingerprint density at radius 3 is 2.67 bits per heavy atom. The largest absolute Gasteiger partial charge is 0.350 e. The van der Waals surface area contributed by atoms with Gasteiger partial charge in [-0.3, -0.25) is 4.98 Å². The minimum absolute atomic E-state index is 0.00435. The van der Waals surface area contributed by atoms with Crippen molar-refractivity contribution in [2.24, 2.45) is 7.05 Å². The molecular formula is C25H26N4O. The molecule has 0 spiro atoms. The molecular weight excluding hydrogens is 372 g/mol. The summed E-state index contributed by atoms with van der Waals surface area (Å²) in [6, 6.07) is 18.0. The third kappa shape index (κ3) is 4.06. The third-order valence-electron chi connectivity index (χ3n) is 5.62. The molecule has 0 saturated heterocycles. The van der Waals surface area contributed by atoms with Gasteiger partial charge in [0.25, 0.3) is 0 Å². The molecule has 0 aliphatic heterocycles. The summed E-state index contributed by atoms with van der Waals surface area (Å²) in [7, 11) is 2.05. The molecule has 0 aliphatic carbocycles. The van der Waals surface area contributed by atoms with Crippen LogP contribution in [0.5, 0.6) is 0 Å². The van der Waals surface area contributed by atoms with Crippen LogP contribution in [0, 0.1) is 13.8 Å². The van der Waals surface area contributed by atoms with Crippen molar-refractivity contribution < 1.29 is 4.79 Å². The molecule has 1 atom stereocenters. The molecule has 2 N–H and O–H groups in total. The maximum absolute atomic E-state index is 12.6. The molecule has 0 fully saturated rings. The first-order valence-corrected chi connectivity index (χ1v) is 10.1. The van der Waals surface area contributed by atoms with E-state index in [0.29, 0.717) is 6.54 Å². The van der Waals surface area contributed by atoms with Gasteiger partial charge in [0.15, 0.2) is 0 Å². The van der Waals surface area contributed by atoms with Crippen LogP contribution in [0.1, 0.15) is 28.2 Å². The number of rotatable bonds is 5. The molecule has 0 unspecified atom stereocenters. The third-order valence-corrected chi connectivity index (χ3v) is 5.62. The Bertz CT molecular complexity index is 1180. The van der Waals surface area contributed by atoms with Crippen molar-refractivity contribution in [3.8, 4) is 0 Å². The van der Waals surface area contributed by atoms with Gasteiger partial charge < -0.3 is 15.2 Å². The Balaban J connectivity index is 1.58. The topological polar surface area (TPSA) is 59.0 Å². The first-order valence-electron chi connectivity index (χ1n) is 10.1. The molecule has 5 heteroatoms. The highest BCUT2D eigenvalue weighted by Gasteiger charge is 2.20. The van der Waals surface area contributed by atoms with Gasteiger partial charge >= 0.3 is 6.03 Å². The number of carbonyl (C=O) groups excluding carboxylic acids is 1. The summed E-state index contributed by atoms with van der Waals surface area (Å²) < 4.78 is 2.13. The van der Waals surface area contributed by atoms with Crippen molar-refractivity contribution in [3.63, 3.8) is 0 Å². The van der Waals surface area contributed by atoms with E-state index in [4.69, 9.17) is 0 Å². The highest BCUT2D eigenvalue weighted by Crippen LogP contribution is 2.31. The molecule has 0 saturated carbocycles. The lowest BCUT2D eigenvalue weighted by Gasteiger charge is -2.18. The molecule has 0 radical (unpaired) electrons. The Kier molecular flexibility index (Phi) is 5.53. The monoisotopic (exact) mass is 398 g/mol. The quantitative estimate of drug-likeness (QED) is 0.489. The van der Waals surface area contributed by atoms with Gasteiger partial charge in [0.1, 0.15) is 0 Å². The van der Waals surface area contributed by atoms with Crippen LogP contribution in [-0.2, 0) is 7.05 Å². The number of carbonyl (C=O) groups is 1. The predicted molar refractivity (Wildman–Crippen MR) is 122 cm³/mol. The molecule has 30 heavy (non-hydrogen) atoms. The van der Waals surface area contributed by atoms with E-state index in [1.807, 2.05) is 56.6 Å². The van der Waals surface area contributed by atoms with Crippen molar-refractivity contribution in [1.29, 1.82) is 0 Å². The lowest BCUT2D eigenvalue weighted by molar-refractivity contribution is 0.252. The van der Waals surface area contributed by atoms with Gasteiger partial charge in [0, 0.05) is 54.7 Å². The van der Waals surface area contributed by atoms with Gasteiger partial charge in [-0.05, 0) is 60.4 Å². The Morgan fingerprint density at radius 1 is 1.07 bits per heavy atom. The maximum Gasteiger partial charge on any atom is 0.319 e. The summed E-state index contributed by atoms with van der Waals surface area (Å²) in [5, 5.41) is 7.17. The minimum Gasteiger partial charge on any atom is -0.350 e. The number of aromatic nitrogens is 2. The predicted octanol–water partition coefficient (Wildman–Crippen LogP) is 5.14. The molecule has 5 nitrogen and oxygen atoms in total. The molecule has 0 bridgehead atoms. The van der Waals surface area contributed by atoms with Crippen LogP contribution in [0.15, 0.2) is 73.2 Å². The van der Waals surface area contributed by atoms with Crippen LogP contribution in [-0.4, -0.2) is 22.1 Å². The maximum atomic E-state index is 12.6. The number of para-hydroxylation sites is 1. The van der Waals surface area contributed by atoms with Gasteiger partial charge in [-0.1, -0.05) is 30.3 Å². The number of hydrogen-bond donors (Lipinski definition) is 2. The van der Waals surface area contributed by atoms with Crippen molar-refractivity contribution in [2.75, 3.05) is 11.9 Å². The standard InChI is InChI=1S/C25H26N4O/c1-17-10-11-20(13-18(17)2)28-25(30)27-15-22(19-7-6-12-26-14-19)23-16-29(3)24-9-5-4-8-21(23)24/h4-14,16,22H,15H2,1-3H3,(H2,27,28,30)/t22-/m0/s1. The van der Waals surface area contributed by atoms with Crippen LogP contribution < -0.4 is 10.6 Å². The van der Waals surface area contributed by atoms with Gasteiger partial charge in [-0.15, -0.1) is 0 Å². The van der Waals surface area contributed by atoms with Crippen molar-refractivity contribution in [2.45, 2.75) is 19.8 Å². The van der Waals surface area contributed by atoms with Gasteiger partial charge in [-0.2, -0.15) is 0 Å². The zero-order chi connectivity index (χ0) is 21.1. The van der Waals surface area contributed by atoms with E-state index in [0.717, 1.165) is 16.8 Å². The number of aryl methyl sites for hydroxylation is 3. The summed E-state index contributed by atoms with van der Waals surface area (Å²) in [6.07, 6.45) is 5.78. The molecule has 2 aromatic heterocycles. The lowest BCUT2D eigenvalue weighted by atomic mass is 9.92. The summed E-state index contributed by atoms with van der Waals surface area (Å²) in [5.74, 6) is -0.00435. The normalized spacial score (nSPS) is 12.0. The summed E-state index contributed by atoms with van der Waals surface area (Å²) in [6.45, 7) is 4.57. The fourth-order valence-corrected chi connectivity index (χ4v) is 3.83. The Morgan fingerprint density at radius 2 is 1.90 bits per heavy atom. The average Bonchev–Trinajstić information content (AvgIpc) is 3.08. The van der Waals surface area contributed by atoms with Crippen molar-refractivity contribution in [3.05, 3.63) is 95.4 Å². The SMILES string of the molecule is Cc1ccc(NC(=O)NC[C@@H](c2cccnc2)c2cn(C)c3ccccc23)cc1C. The molecule has 0 aliphatic rings. The highest BCUT2D eigenvalue weighted by molar-refractivity contribution is 5.90. The zero-order valence-corrected chi connectivity index (χ0v) is 17.5. The number of amides is 2. The van der Waals surface area contributed by atoms with Crippen LogP contribution in [0.4, 0.5) is 10.5 Å². The molecule has 4 rings (SSSR count). The number of nitrogens with zero attached hydrogens (tertiary/aromatic N) is 2. The lowest BCUT2D eigenvalue weighted by Crippen LogP contribution is -2.32. The second-order valence-electron chi connectivity index (χ2n) is 7.69. The molecule has 152 valence electrons. The minimum atomic E-state index is -0.215. The van der Waals surface area contributed by atoms with E-state index in [-0.39, 0.29) is 11.9 Å². The van der Waals surface area contributed by atoms with E-state index >= 15 is 0 Å². The van der Waals surface area contributed by atoms with Gasteiger partial charge in [0.05, 0.1) is 0 Å². The Hall–Kier alpha value is -3.60. The molecule has 2 aromatic carbocycles. The first-order chi connectivity index (χ1) is 14.5. The van der Waals surface area contributed by atoms with Crippen LogP contribution in [0.2, 0.25) is 0 Å². The van der Waals surface area contributed by atoms with Gasteiger partial charge in [0.2, 0.25) is 0 Å². The summed E-state index contributed by atoms with van der Waals surface area (Å²) >= 11 is 0. The highest BCUT2D eigenvalue weighted by atomic mass is 16.2.